The standard InChI is InChI=1S/C10H19NO5S/c1-10(2,3)16-9(14)11-7(8(12)13)5-6-17(4)15/h7H,5-6H2,1-4H3,(H,11,14)(H,12,13)/t7-,17+/m0/s1. The normalized spacial score (nSPS) is 14.8. The number of alkyl carbamates (subject to hydrolysis) is 1. The zero-order chi connectivity index (χ0) is 13.6. The quantitative estimate of drug-likeness (QED) is 0.764. The average Bonchev–Trinajstić information content (AvgIpc) is 2.08. The van der Waals surface area contributed by atoms with Crippen LogP contribution in [0.1, 0.15) is 27.2 Å². The maximum Gasteiger partial charge on any atom is 0.408 e. The van der Waals surface area contributed by atoms with Crippen LogP contribution < -0.4 is 5.32 Å². The van der Waals surface area contributed by atoms with E-state index < -0.39 is 34.5 Å². The molecule has 0 aromatic rings. The van der Waals surface area contributed by atoms with Crippen LogP contribution in [0.25, 0.3) is 0 Å². The Morgan fingerprint density at radius 2 is 1.94 bits per heavy atom. The van der Waals surface area contributed by atoms with Gasteiger partial charge < -0.3 is 15.2 Å². The van der Waals surface area contributed by atoms with Crippen LogP contribution in [-0.4, -0.2) is 45.0 Å². The van der Waals surface area contributed by atoms with Gasteiger partial charge in [-0.15, -0.1) is 0 Å². The molecule has 6 nitrogen and oxygen atoms in total. The molecule has 0 aliphatic heterocycles. The molecule has 0 bridgehead atoms. The van der Waals surface area contributed by atoms with Gasteiger partial charge in [-0.1, -0.05) is 0 Å². The summed E-state index contributed by atoms with van der Waals surface area (Å²) in [7, 11) is -1.09. The highest BCUT2D eigenvalue weighted by Crippen LogP contribution is 2.07. The van der Waals surface area contributed by atoms with E-state index in [0.29, 0.717) is 0 Å². The van der Waals surface area contributed by atoms with E-state index in [0.717, 1.165) is 0 Å². The summed E-state index contributed by atoms with van der Waals surface area (Å²) < 4.78 is 15.8. The number of amides is 1. The van der Waals surface area contributed by atoms with Crippen molar-refractivity contribution in [3.63, 3.8) is 0 Å². The van der Waals surface area contributed by atoms with E-state index in [1.54, 1.807) is 20.8 Å². The van der Waals surface area contributed by atoms with Crippen LogP contribution in [0, 0.1) is 0 Å². The van der Waals surface area contributed by atoms with E-state index in [2.05, 4.69) is 5.32 Å². The number of hydrogen-bond acceptors (Lipinski definition) is 4. The van der Waals surface area contributed by atoms with E-state index in [4.69, 9.17) is 9.84 Å². The van der Waals surface area contributed by atoms with E-state index in [9.17, 15) is 13.8 Å². The lowest BCUT2D eigenvalue weighted by Gasteiger charge is -2.21. The topological polar surface area (TPSA) is 92.7 Å². The number of aliphatic carboxylic acids is 1. The number of hydrogen-bond donors (Lipinski definition) is 2. The first-order valence-electron chi connectivity index (χ1n) is 5.14. The number of carboxylic acid groups (broad SMARTS) is 1. The van der Waals surface area contributed by atoms with Gasteiger partial charge in [-0.2, -0.15) is 0 Å². The van der Waals surface area contributed by atoms with Crippen LogP contribution in [0.5, 0.6) is 0 Å². The van der Waals surface area contributed by atoms with Crippen molar-refractivity contribution < 1.29 is 23.6 Å². The molecule has 0 fully saturated rings. The average molecular weight is 265 g/mol. The zero-order valence-electron chi connectivity index (χ0n) is 10.5. The second-order valence-electron chi connectivity index (χ2n) is 4.60. The molecule has 2 atom stereocenters. The Labute approximate surface area is 103 Å². The molecule has 1 amide bonds. The molecule has 0 saturated carbocycles. The minimum atomic E-state index is -1.17. The highest BCUT2D eigenvalue weighted by molar-refractivity contribution is 7.84. The molecular formula is C10H19NO5S. The number of carboxylic acids is 1. The van der Waals surface area contributed by atoms with Gasteiger partial charge >= 0.3 is 12.1 Å². The Hall–Kier alpha value is -1.11. The van der Waals surface area contributed by atoms with Crippen LogP contribution >= 0.6 is 0 Å². The van der Waals surface area contributed by atoms with E-state index in [-0.39, 0.29) is 12.2 Å². The lowest BCUT2D eigenvalue weighted by molar-refractivity contribution is -0.139. The fourth-order valence-corrected chi connectivity index (χ4v) is 1.56. The van der Waals surface area contributed by atoms with Gasteiger partial charge in [0.15, 0.2) is 0 Å². The predicted octanol–water partition coefficient (Wildman–Crippen LogP) is 0.733. The van der Waals surface area contributed by atoms with Crippen LogP contribution in [0.4, 0.5) is 4.79 Å². The van der Waals surface area contributed by atoms with Crippen molar-refractivity contribution >= 4 is 22.9 Å². The van der Waals surface area contributed by atoms with E-state index in [1.165, 1.54) is 6.26 Å². The maximum atomic E-state index is 11.3. The molecule has 0 aliphatic carbocycles. The SMILES string of the molecule is C[S@@](=O)CC[C@H](NC(=O)OC(C)(C)C)C(=O)O. The molecule has 0 unspecified atom stereocenters. The number of ether oxygens (including phenoxy) is 1. The van der Waals surface area contributed by atoms with Crippen molar-refractivity contribution in [2.45, 2.75) is 38.8 Å². The third-order valence-corrected chi connectivity index (χ3v) is 2.49. The lowest BCUT2D eigenvalue weighted by atomic mass is 10.2. The molecule has 0 heterocycles. The number of carbonyl (C=O) groups excluding carboxylic acids is 1. The first-order chi connectivity index (χ1) is 7.61. The molecule has 0 saturated heterocycles. The van der Waals surface area contributed by atoms with Crippen molar-refractivity contribution in [1.82, 2.24) is 5.32 Å². The van der Waals surface area contributed by atoms with Crippen molar-refractivity contribution in [1.29, 1.82) is 0 Å². The lowest BCUT2D eigenvalue weighted by Crippen LogP contribution is -2.44. The molecule has 0 aromatic heterocycles. The summed E-state index contributed by atoms with van der Waals surface area (Å²) in [4.78, 5) is 22.2. The molecule has 0 radical (unpaired) electrons. The first-order valence-corrected chi connectivity index (χ1v) is 6.87. The second-order valence-corrected chi connectivity index (χ2v) is 6.16. The minimum Gasteiger partial charge on any atom is -0.480 e. The van der Waals surface area contributed by atoms with Crippen LogP contribution in [0.15, 0.2) is 0 Å². The second kappa shape index (κ2) is 6.58. The fourth-order valence-electron chi connectivity index (χ4n) is 0.991. The third kappa shape index (κ3) is 8.67. The number of carbonyl (C=O) groups is 2. The summed E-state index contributed by atoms with van der Waals surface area (Å²) in [5.74, 6) is -0.950. The summed E-state index contributed by atoms with van der Waals surface area (Å²) in [6.45, 7) is 5.05. The minimum absolute atomic E-state index is 0.109. The van der Waals surface area contributed by atoms with Gasteiger partial charge in [0.05, 0.1) is 0 Å². The largest absolute Gasteiger partial charge is 0.480 e. The molecule has 0 aliphatic rings. The highest BCUT2D eigenvalue weighted by atomic mass is 32.2. The molecular weight excluding hydrogens is 246 g/mol. The zero-order valence-corrected chi connectivity index (χ0v) is 11.3. The molecule has 7 heteroatoms. The Morgan fingerprint density at radius 1 is 1.41 bits per heavy atom. The van der Waals surface area contributed by atoms with Crippen molar-refractivity contribution in [2.24, 2.45) is 0 Å². The fraction of sp³-hybridized carbons (Fsp3) is 0.800. The van der Waals surface area contributed by atoms with Crippen LogP contribution in [-0.2, 0) is 20.3 Å². The van der Waals surface area contributed by atoms with Crippen LogP contribution in [0.2, 0.25) is 0 Å². The summed E-state index contributed by atoms with van der Waals surface area (Å²) in [5, 5.41) is 11.1. The van der Waals surface area contributed by atoms with Gasteiger partial charge in [0.2, 0.25) is 0 Å². The summed E-state index contributed by atoms with van der Waals surface area (Å²) in [6, 6.07) is -1.08. The Morgan fingerprint density at radius 3 is 2.29 bits per heavy atom. The van der Waals surface area contributed by atoms with Gasteiger partial charge in [0.25, 0.3) is 0 Å². The Bertz CT molecular complexity index is 310. The maximum absolute atomic E-state index is 11.3. The summed E-state index contributed by atoms with van der Waals surface area (Å²) in [6.07, 6.45) is 0.802. The first kappa shape index (κ1) is 15.9. The van der Waals surface area contributed by atoms with Gasteiger partial charge in [0, 0.05) is 22.8 Å². The summed E-state index contributed by atoms with van der Waals surface area (Å²) in [5.41, 5.74) is -0.680. The third-order valence-electron chi connectivity index (χ3n) is 1.68. The summed E-state index contributed by atoms with van der Waals surface area (Å²) >= 11 is 0. The smallest absolute Gasteiger partial charge is 0.408 e. The van der Waals surface area contributed by atoms with Crippen molar-refractivity contribution in [3.05, 3.63) is 0 Å². The highest BCUT2D eigenvalue weighted by Gasteiger charge is 2.23. The van der Waals surface area contributed by atoms with E-state index >= 15 is 0 Å². The predicted molar refractivity (Wildman–Crippen MR) is 64.3 cm³/mol. The van der Waals surface area contributed by atoms with E-state index in [1.807, 2.05) is 0 Å². The van der Waals surface area contributed by atoms with Gasteiger partial charge in [-0.3, -0.25) is 4.21 Å². The van der Waals surface area contributed by atoms with Crippen molar-refractivity contribution in [3.8, 4) is 0 Å². The molecule has 17 heavy (non-hydrogen) atoms. The van der Waals surface area contributed by atoms with Crippen molar-refractivity contribution in [2.75, 3.05) is 12.0 Å². The molecule has 0 rings (SSSR count). The monoisotopic (exact) mass is 265 g/mol. The molecule has 0 spiro atoms. The number of rotatable bonds is 5. The Kier molecular flexibility index (Phi) is 6.15. The van der Waals surface area contributed by atoms with Gasteiger partial charge in [0.1, 0.15) is 11.6 Å². The van der Waals surface area contributed by atoms with Gasteiger partial charge in [-0.25, -0.2) is 9.59 Å². The molecule has 0 aromatic carbocycles. The molecule has 100 valence electrons. The van der Waals surface area contributed by atoms with Crippen LogP contribution in [0.3, 0.4) is 0 Å². The van der Waals surface area contributed by atoms with Gasteiger partial charge in [-0.05, 0) is 27.2 Å². The number of nitrogens with one attached hydrogen (secondary N) is 1. The molecule has 2 N–H and O–H groups in total. The Balaban J connectivity index is 4.30.